The van der Waals surface area contributed by atoms with Crippen LogP contribution >= 0.6 is 0 Å². The van der Waals surface area contributed by atoms with Crippen molar-refractivity contribution >= 4 is 0 Å². The summed E-state index contributed by atoms with van der Waals surface area (Å²) in [5.41, 5.74) is 0.492. The number of rotatable bonds is 4. The van der Waals surface area contributed by atoms with Gasteiger partial charge in [0, 0.05) is 5.57 Å². The molecule has 14 heavy (non-hydrogen) atoms. The summed E-state index contributed by atoms with van der Waals surface area (Å²) in [6, 6.07) is 0. The van der Waals surface area contributed by atoms with E-state index in [0.29, 0.717) is 6.42 Å². The fourth-order valence-corrected chi connectivity index (χ4v) is 0.907. The molecule has 0 radical (unpaired) electrons. The molecule has 0 aliphatic heterocycles. The van der Waals surface area contributed by atoms with Gasteiger partial charge in [0.15, 0.2) is 0 Å². The van der Waals surface area contributed by atoms with Gasteiger partial charge in [-0.15, -0.1) is 6.58 Å². The lowest BCUT2D eigenvalue weighted by Crippen LogP contribution is -2.11. The molecule has 0 saturated heterocycles. The summed E-state index contributed by atoms with van der Waals surface area (Å²) in [6.45, 7) is 7.01. The minimum atomic E-state index is -4.23. The summed E-state index contributed by atoms with van der Waals surface area (Å²) in [5, 5.41) is 0. The topological polar surface area (TPSA) is 0 Å². The molecular formula is C11H15F3. The van der Waals surface area contributed by atoms with Gasteiger partial charge in [0.25, 0.3) is 0 Å². The molecule has 80 valence electrons. The van der Waals surface area contributed by atoms with Crippen LogP contribution < -0.4 is 0 Å². The SMILES string of the molecule is C=CC/C(=C\CC=C(C)C)C(F)(F)F. The average molecular weight is 204 g/mol. The van der Waals surface area contributed by atoms with E-state index in [0.717, 1.165) is 5.57 Å². The van der Waals surface area contributed by atoms with E-state index < -0.39 is 11.7 Å². The molecule has 0 aliphatic carbocycles. The number of allylic oxidation sites excluding steroid dienone is 5. The Morgan fingerprint density at radius 2 is 1.79 bits per heavy atom. The lowest BCUT2D eigenvalue weighted by Gasteiger charge is -2.08. The normalized spacial score (nSPS) is 12.5. The van der Waals surface area contributed by atoms with E-state index in [2.05, 4.69) is 6.58 Å². The molecule has 0 atom stereocenters. The second kappa shape index (κ2) is 5.68. The first-order valence-corrected chi connectivity index (χ1v) is 4.38. The maximum absolute atomic E-state index is 12.3. The predicted molar refractivity (Wildman–Crippen MR) is 53.0 cm³/mol. The number of halogens is 3. The van der Waals surface area contributed by atoms with Crippen LogP contribution in [-0.2, 0) is 0 Å². The highest BCUT2D eigenvalue weighted by Gasteiger charge is 2.31. The molecular weight excluding hydrogens is 189 g/mol. The van der Waals surface area contributed by atoms with Gasteiger partial charge in [-0.05, 0) is 26.7 Å². The van der Waals surface area contributed by atoms with Crippen molar-refractivity contribution in [2.24, 2.45) is 0 Å². The second-order valence-electron chi connectivity index (χ2n) is 3.24. The van der Waals surface area contributed by atoms with Gasteiger partial charge in [-0.2, -0.15) is 13.2 Å². The van der Waals surface area contributed by atoms with Gasteiger partial charge < -0.3 is 0 Å². The highest BCUT2D eigenvalue weighted by Crippen LogP contribution is 2.28. The molecule has 0 aromatic heterocycles. The smallest absolute Gasteiger partial charge is 0.166 e. The molecule has 0 amide bonds. The Morgan fingerprint density at radius 1 is 1.21 bits per heavy atom. The molecule has 0 nitrogen and oxygen atoms in total. The Labute approximate surface area is 82.8 Å². The predicted octanol–water partition coefficient (Wildman–Crippen LogP) is 4.41. The zero-order chi connectivity index (χ0) is 11.2. The molecule has 0 bridgehead atoms. The first kappa shape index (κ1) is 13.0. The summed E-state index contributed by atoms with van der Waals surface area (Å²) in [6.07, 6.45) is 0.195. The first-order chi connectivity index (χ1) is 6.38. The van der Waals surface area contributed by atoms with Crippen molar-refractivity contribution in [2.45, 2.75) is 32.9 Å². The number of hydrogen-bond acceptors (Lipinski definition) is 0. The molecule has 0 saturated carbocycles. The molecule has 0 aromatic rings. The van der Waals surface area contributed by atoms with E-state index >= 15 is 0 Å². The maximum Gasteiger partial charge on any atom is 0.412 e. The van der Waals surface area contributed by atoms with Crippen LogP contribution in [0.4, 0.5) is 13.2 Å². The van der Waals surface area contributed by atoms with Crippen molar-refractivity contribution < 1.29 is 13.2 Å². The van der Waals surface area contributed by atoms with Crippen LogP contribution in [0.25, 0.3) is 0 Å². The number of alkyl halides is 3. The van der Waals surface area contributed by atoms with Crippen molar-refractivity contribution in [3.05, 3.63) is 36.0 Å². The molecule has 0 unspecified atom stereocenters. The highest BCUT2D eigenvalue weighted by atomic mass is 19.4. The first-order valence-electron chi connectivity index (χ1n) is 4.38. The van der Waals surface area contributed by atoms with E-state index in [9.17, 15) is 13.2 Å². The van der Waals surface area contributed by atoms with Crippen LogP contribution in [0.3, 0.4) is 0 Å². The van der Waals surface area contributed by atoms with Crippen LogP contribution in [-0.4, -0.2) is 6.18 Å². The molecule has 0 heterocycles. The largest absolute Gasteiger partial charge is 0.412 e. The standard InChI is InChI=1S/C11H15F3/c1-4-6-10(11(12,13)14)8-5-7-9(2)3/h4,7-8H,1,5-6H2,2-3H3/b10-8+. The molecule has 0 rings (SSSR count). The fraction of sp³-hybridized carbons (Fsp3) is 0.455. The molecule has 0 spiro atoms. The summed E-state index contributed by atoms with van der Waals surface area (Å²) in [7, 11) is 0. The summed E-state index contributed by atoms with van der Waals surface area (Å²) < 4.78 is 36.9. The fourth-order valence-electron chi connectivity index (χ4n) is 0.907. The van der Waals surface area contributed by atoms with Gasteiger partial charge >= 0.3 is 6.18 Å². The lowest BCUT2D eigenvalue weighted by atomic mass is 10.1. The van der Waals surface area contributed by atoms with E-state index in [-0.39, 0.29) is 6.42 Å². The maximum atomic E-state index is 12.3. The highest BCUT2D eigenvalue weighted by molar-refractivity contribution is 5.14. The molecule has 0 aromatic carbocycles. The van der Waals surface area contributed by atoms with Crippen LogP contribution in [0.2, 0.25) is 0 Å². The van der Waals surface area contributed by atoms with Crippen molar-refractivity contribution in [1.29, 1.82) is 0 Å². The Kier molecular flexibility index (Phi) is 5.28. The van der Waals surface area contributed by atoms with Crippen LogP contribution in [0.15, 0.2) is 36.0 Å². The Morgan fingerprint density at radius 3 is 2.14 bits per heavy atom. The monoisotopic (exact) mass is 204 g/mol. The van der Waals surface area contributed by atoms with Crippen molar-refractivity contribution in [3.8, 4) is 0 Å². The molecule has 0 aliphatic rings. The van der Waals surface area contributed by atoms with Gasteiger partial charge in [-0.1, -0.05) is 23.8 Å². The van der Waals surface area contributed by atoms with Gasteiger partial charge in [0.05, 0.1) is 0 Å². The minimum absolute atomic E-state index is 0.125. The summed E-state index contributed by atoms with van der Waals surface area (Å²) >= 11 is 0. The van der Waals surface area contributed by atoms with Crippen LogP contribution in [0.1, 0.15) is 26.7 Å². The van der Waals surface area contributed by atoms with E-state index in [1.165, 1.54) is 12.2 Å². The van der Waals surface area contributed by atoms with Crippen molar-refractivity contribution in [3.63, 3.8) is 0 Å². The molecule has 3 heteroatoms. The van der Waals surface area contributed by atoms with Gasteiger partial charge in [-0.3, -0.25) is 0 Å². The Balaban J connectivity index is 4.49. The van der Waals surface area contributed by atoms with Crippen molar-refractivity contribution in [2.75, 3.05) is 0 Å². The summed E-state index contributed by atoms with van der Waals surface area (Å²) in [5.74, 6) is 0. The lowest BCUT2D eigenvalue weighted by molar-refractivity contribution is -0.0931. The third kappa shape index (κ3) is 5.62. The zero-order valence-electron chi connectivity index (χ0n) is 8.49. The van der Waals surface area contributed by atoms with Crippen molar-refractivity contribution in [1.82, 2.24) is 0 Å². The van der Waals surface area contributed by atoms with E-state index in [1.807, 2.05) is 13.8 Å². The Hall–Kier alpha value is -0.990. The molecule has 0 N–H and O–H groups in total. The summed E-state index contributed by atoms with van der Waals surface area (Å²) in [4.78, 5) is 0. The van der Waals surface area contributed by atoms with E-state index in [4.69, 9.17) is 0 Å². The third-order valence-electron chi connectivity index (χ3n) is 1.62. The minimum Gasteiger partial charge on any atom is -0.166 e. The van der Waals surface area contributed by atoms with E-state index in [1.54, 1.807) is 6.08 Å². The Bertz CT molecular complexity index is 240. The third-order valence-corrected chi connectivity index (χ3v) is 1.62. The number of hydrogen-bond donors (Lipinski definition) is 0. The van der Waals surface area contributed by atoms with Gasteiger partial charge in [0.1, 0.15) is 0 Å². The molecule has 0 fully saturated rings. The van der Waals surface area contributed by atoms with Gasteiger partial charge in [0.2, 0.25) is 0 Å². The average Bonchev–Trinajstić information content (AvgIpc) is 2.00. The zero-order valence-corrected chi connectivity index (χ0v) is 8.49. The van der Waals surface area contributed by atoms with Crippen LogP contribution in [0, 0.1) is 0 Å². The quantitative estimate of drug-likeness (QED) is 0.595. The van der Waals surface area contributed by atoms with Gasteiger partial charge in [-0.25, -0.2) is 0 Å². The second-order valence-corrected chi connectivity index (χ2v) is 3.24. The van der Waals surface area contributed by atoms with Crippen LogP contribution in [0.5, 0.6) is 0 Å².